The molecule has 0 aliphatic heterocycles. The van der Waals surface area contributed by atoms with Gasteiger partial charge in [-0.1, -0.05) is 30.8 Å². The van der Waals surface area contributed by atoms with Gasteiger partial charge in [-0.3, -0.25) is 0 Å². The van der Waals surface area contributed by atoms with Crippen LogP contribution in [0.3, 0.4) is 0 Å². The molecule has 0 bridgehead atoms. The molecule has 8 heteroatoms. The van der Waals surface area contributed by atoms with Crippen LogP contribution in [0, 0.1) is 13.8 Å². The largest absolute Gasteiger partial charge is 0.383 e. The lowest BCUT2D eigenvalue weighted by Crippen LogP contribution is -1.96. The first-order valence-electron chi connectivity index (χ1n) is 6.94. The first-order valence-corrected chi connectivity index (χ1v) is 8.74. The minimum Gasteiger partial charge on any atom is -0.383 e. The number of thioether (sulfide) groups is 1. The summed E-state index contributed by atoms with van der Waals surface area (Å²) in [6.45, 7) is 8.17. The molecule has 0 saturated heterocycles. The molecule has 0 aliphatic rings. The van der Waals surface area contributed by atoms with Crippen LogP contribution in [0.25, 0.3) is 10.2 Å². The maximum absolute atomic E-state index is 6.07. The number of hydrogen-bond acceptors (Lipinski definition) is 8. The fraction of sp³-hybridized carbons (Fsp3) is 0.429. The smallest absolute Gasteiger partial charge is 0.237 e. The highest BCUT2D eigenvalue weighted by molar-refractivity contribution is 7.98. The van der Waals surface area contributed by atoms with Crippen molar-refractivity contribution in [3.63, 3.8) is 0 Å². The molecule has 0 radical (unpaired) electrons. The number of thiophene rings is 1. The summed E-state index contributed by atoms with van der Waals surface area (Å²) in [5, 5.41) is 5.55. The van der Waals surface area contributed by atoms with Crippen LogP contribution in [0.15, 0.2) is 9.68 Å². The second-order valence-electron chi connectivity index (χ2n) is 5.34. The van der Waals surface area contributed by atoms with Crippen molar-refractivity contribution in [2.24, 2.45) is 0 Å². The highest BCUT2D eigenvalue weighted by Crippen LogP contribution is 2.33. The third-order valence-corrected chi connectivity index (χ3v) is 5.29. The number of fused-ring (bicyclic) bond motifs is 1. The van der Waals surface area contributed by atoms with Crippen LogP contribution < -0.4 is 5.73 Å². The zero-order valence-corrected chi connectivity index (χ0v) is 14.5. The van der Waals surface area contributed by atoms with Crippen molar-refractivity contribution in [1.82, 2.24) is 20.1 Å². The second-order valence-corrected chi connectivity index (χ2v) is 7.49. The van der Waals surface area contributed by atoms with Crippen LogP contribution in [0.2, 0.25) is 0 Å². The van der Waals surface area contributed by atoms with Gasteiger partial charge in [0.05, 0.1) is 11.1 Å². The van der Waals surface area contributed by atoms with Gasteiger partial charge in [-0.15, -0.1) is 11.3 Å². The minimum absolute atomic E-state index is 0.253. The Hall–Kier alpha value is -1.67. The monoisotopic (exact) mass is 335 g/mol. The Morgan fingerprint density at radius 1 is 1.23 bits per heavy atom. The predicted octanol–water partition coefficient (Wildman–Crippen LogP) is 3.69. The van der Waals surface area contributed by atoms with Gasteiger partial charge in [0.25, 0.3) is 0 Å². The molecule has 0 aromatic carbocycles. The third-order valence-electron chi connectivity index (χ3n) is 3.36. The Bertz CT molecular complexity index is 824. The number of nitrogens with two attached hydrogens (primary N) is 1. The molecule has 0 fully saturated rings. The van der Waals surface area contributed by atoms with E-state index in [0.29, 0.717) is 22.6 Å². The van der Waals surface area contributed by atoms with Crippen molar-refractivity contribution in [2.75, 3.05) is 5.73 Å². The maximum atomic E-state index is 6.07. The number of nitrogen functional groups attached to an aromatic ring is 1. The van der Waals surface area contributed by atoms with E-state index in [4.69, 9.17) is 10.3 Å². The molecular weight excluding hydrogens is 318 g/mol. The van der Waals surface area contributed by atoms with E-state index in [1.54, 1.807) is 11.3 Å². The molecule has 3 aromatic rings. The minimum atomic E-state index is 0.253. The molecular formula is C14H17N5OS2. The first kappa shape index (κ1) is 15.2. The lowest BCUT2D eigenvalue weighted by molar-refractivity contribution is 0.383. The van der Waals surface area contributed by atoms with E-state index in [-0.39, 0.29) is 5.92 Å². The molecule has 2 N–H and O–H groups in total. The van der Waals surface area contributed by atoms with Crippen LogP contribution in [-0.4, -0.2) is 20.1 Å². The zero-order chi connectivity index (χ0) is 15.9. The Balaban J connectivity index is 1.81. The van der Waals surface area contributed by atoms with Gasteiger partial charge >= 0.3 is 0 Å². The van der Waals surface area contributed by atoms with Gasteiger partial charge in [0.2, 0.25) is 5.89 Å². The molecule has 0 atom stereocenters. The summed E-state index contributed by atoms with van der Waals surface area (Å²) >= 11 is 3.09. The number of hydrogen-bond donors (Lipinski definition) is 1. The molecule has 3 rings (SSSR count). The van der Waals surface area contributed by atoms with E-state index in [2.05, 4.69) is 27.0 Å². The standard InChI is InChI=1S/C14H17N5OS2/c1-6(2)12-16-9(20-19-12)5-21-14-17-11(15)10-7(3)8(4)22-13(10)18-14/h6H,5H2,1-4H3,(H2,15,17,18). The first-order chi connectivity index (χ1) is 10.5. The van der Waals surface area contributed by atoms with Crippen LogP contribution in [0.1, 0.15) is 41.9 Å². The fourth-order valence-electron chi connectivity index (χ4n) is 2.01. The van der Waals surface area contributed by atoms with Crippen molar-refractivity contribution >= 4 is 39.1 Å². The summed E-state index contributed by atoms with van der Waals surface area (Å²) < 4.78 is 5.22. The normalized spacial score (nSPS) is 11.7. The third kappa shape index (κ3) is 2.80. The van der Waals surface area contributed by atoms with Gasteiger partial charge in [-0.2, -0.15) is 4.98 Å². The Morgan fingerprint density at radius 2 is 2.00 bits per heavy atom. The molecule has 3 aromatic heterocycles. The van der Waals surface area contributed by atoms with Gasteiger partial charge in [0.15, 0.2) is 11.0 Å². The van der Waals surface area contributed by atoms with Gasteiger partial charge in [-0.05, 0) is 19.4 Å². The molecule has 3 heterocycles. The number of nitrogens with zero attached hydrogens (tertiary/aromatic N) is 4. The van der Waals surface area contributed by atoms with Crippen molar-refractivity contribution in [3.05, 3.63) is 22.2 Å². The van der Waals surface area contributed by atoms with Crippen molar-refractivity contribution in [3.8, 4) is 0 Å². The van der Waals surface area contributed by atoms with E-state index < -0.39 is 0 Å². The SMILES string of the molecule is Cc1sc2nc(SCc3nc(C(C)C)no3)nc(N)c2c1C. The van der Waals surface area contributed by atoms with Gasteiger partial charge < -0.3 is 10.3 Å². The fourth-order valence-corrected chi connectivity index (χ4v) is 3.80. The molecule has 0 spiro atoms. The summed E-state index contributed by atoms with van der Waals surface area (Å²) in [5.74, 6) is 2.62. The van der Waals surface area contributed by atoms with E-state index in [9.17, 15) is 0 Å². The highest BCUT2D eigenvalue weighted by atomic mass is 32.2. The highest BCUT2D eigenvalue weighted by Gasteiger charge is 2.14. The Morgan fingerprint density at radius 3 is 2.68 bits per heavy atom. The van der Waals surface area contributed by atoms with Crippen molar-refractivity contribution in [2.45, 2.75) is 44.5 Å². The van der Waals surface area contributed by atoms with Gasteiger partial charge in [0, 0.05) is 10.8 Å². The van der Waals surface area contributed by atoms with Gasteiger partial charge in [0.1, 0.15) is 10.6 Å². The summed E-state index contributed by atoms with van der Waals surface area (Å²) in [6, 6.07) is 0. The molecule has 22 heavy (non-hydrogen) atoms. The lowest BCUT2D eigenvalue weighted by Gasteiger charge is -2.01. The van der Waals surface area contributed by atoms with E-state index >= 15 is 0 Å². The molecule has 0 unspecified atom stereocenters. The molecule has 0 saturated carbocycles. The Labute approximate surface area is 136 Å². The predicted molar refractivity (Wildman–Crippen MR) is 89.2 cm³/mol. The summed E-state index contributed by atoms with van der Waals surface area (Å²) in [7, 11) is 0. The topological polar surface area (TPSA) is 90.7 Å². The molecule has 0 amide bonds. The van der Waals surface area contributed by atoms with Crippen molar-refractivity contribution < 1.29 is 4.52 Å². The second kappa shape index (κ2) is 5.85. The molecule has 0 aliphatic carbocycles. The van der Waals surface area contributed by atoms with E-state index in [1.165, 1.54) is 16.6 Å². The zero-order valence-electron chi connectivity index (χ0n) is 12.9. The number of aromatic nitrogens is 4. The summed E-state index contributed by atoms with van der Waals surface area (Å²) in [4.78, 5) is 15.4. The van der Waals surface area contributed by atoms with Crippen LogP contribution in [0.5, 0.6) is 0 Å². The van der Waals surface area contributed by atoms with Crippen LogP contribution >= 0.6 is 23.1 Å². The van der Waals surface area contributed by atoms with E-state index in [0.717, 1.165) is 21.6 Å². The lowest BCUT2D eigenvalue weighted by atomic mass is 10.2. The average Bonchev–Trinajstić information content (AvgIpc) is 3.03. The van der Waals surface area contributed by atoms with Gasteiger partial charge in [-0.25, -0.2) is 9.97 Å². The molecule has 6 nitrogen and oxygen atoms in total. The number of anilines is 1. The summed E-state index contributed by atoms with van der Waals surface area (Å²) in [6.07, 6.45) is 0. The molecule has 116 valence electrons. The quantitative estimate of drug-likeness (QED) is 0.574. The van der Waals surface area contributed by atoms with Crippen LogP contribution in [-0.2, 0) is 5.75 Å². The maximum Gasteiger partial charge on any atom is 0.237 e. The summed E-state index contributed by atoms with van der Waals surface area (Å²) in [5.41, 5.74) is 7.23. The number of aryl methyl sites for hydroxylation is 2. The van der Waals surface area contributed by atoms with Crippen LogP contribution in [0.4, 0.5) is 5.82 Å². The average molecular weight is 335 g/mol. The Kier molecular flexibility index (Phi) is 4.05. The van der Waals surface area contributed by atoms with E-state index in [1.807, 2.05) is 20.8 Å². The number of rotatable bonds is 4. The van der Waals surface area contributed by atoms with Crippen molar-refractivity contribution in [1.29, 1.82) is 0 Å².